The first-order valence-corrected chi connectivity index (χ1v) is 17.3. The molecule has 8 aromatic carbocycles. The van der Waals surface area contributed by atoms with Crippen molar-refractivity contribution in [1.82, 2.24) is 4.98 Å². The van der Waals surface area contributed by atoms with Gasteiger partial charge in [0.25, 0.3) is 0 Å². The van der Waals surface area contributed by atoms with Crippen molar-refractivity contribution in [3.63, 3.8) is 0 Å². The molecule has 0 aliphatic carbocycles. The molecule has 3 nitrogen and oxygen atoms in total. The third-order valence-electron chi connectivity index (χ3n) is 9.47. The monoisotopic (exact) mass is 644 g/mol. The summed E-state index contributed by atoms with van der Waals surface area (Å²) in [6, 6.07) is 60.4. The lowest BCUT2D eigenvalue weighted by Crippen LogP contribution is -2.09. The highest BCUT2D eigenvalue weighted by molar-refractivity contribution is 7.25. The first-order valence-electron chi connectivity index (χ1n) is 16.5. The minimum absolute atomic E-state index is 0.633. The zero-order valence-electron chi connectivity index (χ0n) is 26.4. The Kier molecular flexibility index (Phi) is 6.36. The molecule has 0 fully saturated rings. The van der Waals surface area contributed by atoms with Crippen molar-refractivity contribution >= 4 is 81.2 Å². The van der Waals surface area contributed by atoms with Crippen molar-refractivity contribution in [2.24, 2.45) is 0 Å². The van der Waals surface area contributed by atoms with Crippen LogP contribution < -0.4 is 4.90 Å². The number of rotatable bonds is 5. The lowest BCUT2D eigenvalue weighted by atomic mass is 9.99. The van der Waals surface area contributed by atoms with Crippen LogP contribution in [0.15, 0.2) is 174 Å². The summed E-state index contributed by atoms with van der Waals surface area (Å²) < 4.78 is 9.16. The topological polar surface area (TPSA) is 29.3 Å². The van der Waals surface area contributed by atoms with E-state index in [4.69, 9.17) is 9.40 Å². The average Bonchev–Trinajstić information content (AvgIpc) is 3.78. The van der Waals surface area contributed by atoms with Crippen molar-refractivity contribution in [3.05, 3.63) is 170 Å². The van der Waals surface area contributed by atoms with Gasteiger partial charge in [-0.3, -0.25) is 0 Å². The highest BCUT2D eigenvalue weighted by Crippen LogP contribution is 2.41. The standard InChI is InChI=1S/C45H28N2OS/c1-3-9-32(10-4-1)45-46-40-26-21-31-16-15-30-19-24-36(28-39(30)43(31)44(40)48-45)47(34-11-5-2-6-12-34)35-22-17-29(18-23-35)33-20-25-38-37-13-7-8-14-41(37)49-42(38)27-33/h1-28H. The highest BCUT2D eigenvalue weighted by Gasteiger charge is 2.17. The number of benzene rings is 8. The van der Waals surface area contributed by atoms with Gasteiger partial charge < -0.3 is 9.32 Å². The summed E-state index contributed by atoms with van der Waals surface area (Å²) in [6.07, 6.45) is 0. The molecule has 0 saturated heterocycles. The minimum Gasteiger partial charge on any atom is -0.435 e. The van der Waals surface area contributed by atoms with Gasteiger partial charge in [0, 0.05) is 48.2 Å². The molecule has 10 aromatic rings. The van der Waals surface area contributed by atoms with E-state index in [0.29, 0.717) is 5.89 Å². The Balaban J connectivity index is 1.10. The largest absolute Gasteiger partial charge is 0.435 e. The molecule has 0 aliphatic heterocycles. The maximum Gasteiger partial charge on any atom is 0.227 e. The van der Waals surface area contributed by atoms with Crippen LogP contribution in [-0.4, -0.2) is 4.98 Å². The summed E-state index contributed by atoms with van der Waals surface area (Å²) in [5.41, 5.74) is 8.31. The Bertz CT molecular complexity index is 2820. The third kappa shape index (κ3) is 4.68. The second-order valence-corrected chi connectivity index (χ2v) is 13.5. The summed E-state index contributed by atoms with van der Waals surface area (Å²) in [6.45, 7) is 0. The van der Waals surface area contributed by atoms with Gasteiger partial charge in [-0.25, -0.2) is 4.98 Å². The van der Waals surface area contributed by atoms with Crippen LogP contribution in [0.25, 0.3) is 75.4 Å². The maximum absolute atomic E-state index is 6.52. The molecule has 0 radical (unpaired) electrons. The van der Waals surface area contributed by atoms with E-state index in [1.54, 1.807) is 0 Å². The number of anilines is 3. The number of hydrogen-bond acceptors (Lipinski definition) is 4. The van der Waals surface area contributed by atoms with E-state index in [-0.39, 0.29) is 0 Å². The van der Waals surface area contributed by atoms with Crippen LogP contribution in [0, 0.1) is 0 Å². The van der Waals surface area contributed by atoms with Gasteiger partial charge in [0.15, 0.2) is 5.58 Å². The van der Waals surface area contributed by atoms with Crippen LogP contribution in [0.4, 0.5) is 17.1 Å². The third-order valence-corrected chi connectivity index (χ3v) is 10.6. The molecule has 49 heavy (non-hydrogen) atoms. The number of fused-ring (bicyclic) bond motifs is 8. The Morgan fingerprint density at radius 1 is 0.449 bits per heavy atom. The molecule has 0 unspecified atom stereocenters. The summed E-state index contributed by atoms with van der Waals surface area (Å²) in [4.78, 5) is 7.20. The van der Waals surface area contributed by atoms with Crippen molar-refractivity contribution in [2.75, 3.05) is 4.90 Å². The van der Waals surface area contributed by atoms with Gasteiger partial charge in [-0.2, -0.15) is 0 Å². The molecule has 0 atom stereocenters. The van der Waals surface area contributed by atoms with Gasteiger partial charge in [0.05, 0.1) is 0 Å². The molecule has 10 rings (SSSR count). The molecule has 0 aliphatic rings. The number of oxazole rings is 1. The number of hydrogen-bond donors (Lipinski definition) is 0. The van der Waals surface area contributed by atoms with Gasteiger partial charge in [-0.05, 0) is 94.0 Å². The van der Waals surface area contributed by atoms with Gasteiger partial charge in [-0.15, -0.1) is 11.3 Å². The van der Waals surface area contributed by atoms with Crippen molar-refractivity contribution < 1.29 is 4.42 Å². The predicted molar refractivity (Wildman–Crippen MR) is 207 cm³/mol. The first-order chi connectivity index (χ1) is 24.3. The van der Waals surface area contributed by atoms with Crippen LogP contribution >= 0.6 is 11.3 Å². The smallest absolute Gasteiger partial charge is 0.227 e. The van der Waals surface area contributed by atoms with E-state index < -0.39 is 0 Å². The molecule has 230 valence electrons. The number of thiophene rings is 1. The predicted octanol–water partition coefficient (Wildman–Crippen LogP) is 13.3. The van der Waals surface area contributed by atoms with Crippen LogP contribution in [-0.2, 0) is 0 Å². The summed E-state index contributed by atoms with van der Waals surface area (Å²) in [5.74, 6) is 0.633. The Labute approximate surface area is 286 Å². The zero-order chi connectivity index (χ0) is 32.3. The fraction of sp³-hybridized carbons (Fsp3) is 0. The molecule has 2 heterocycles. The van der Waals surface area contributed by atoms with Crippen LogP contribution in [0.1, 0.15) is 0 Å². The quantitative estimate of drug-likeness (QED) is 0.175. The molecule has 2 aromatic heterocycles. The molecule has 0 bridgehead atoms. The molecular formula is C45H28N2OS. The van der Waals surface area contributed by atoms with E-state index in [9.17, 15) is 0 Å². The second kappa shape index (κ2) is 11.2. The van der Waals surface area contributed by atoms with E-state index >= 15 is 0 Å². The number of nitrogens with zero attached hydrogens (tertiary/aromatic N) is 2. The number of aromatic nitrogens is 1. The molecule has 0 amide bonds. The van der Waals surface area contributed by atoms with Gasteiger partial charge in [0.2, 0.25) is 5.89 Å². The summed E-state index contributed by atoms with van der Waals surface area (Å²) >= 11 is 1.86. The van der Waals surface area contributed by atoms with Crippen LogP contribution in [0.2, 0.25) is 0 Å². The zero-order valence-corrected chi connectivity index (χ0v) is 27.2. The van der Waals surface area contributed by atoms with Crippen molar-refractivity contribution in [1.29, 1.82) is 0 Å². The maximum atomic E-state index is 6.52. The van der Waals surface area contributed by atoms with Crippen molar-refractivity contribution in [2.45, 2.75) is 0 Å². The fourth-order valence-corrected chi connectivity index (χ4v) is 8.23. The molecular weight excluding hydrogens is 617 g/mol. The fourth-order valence-electron chi connectivity index (χ4n) is 7.09. The van der Waals surface area contributed by atoms with Gasteiger partial charge in [0.1, 0.15) is 5.52 Å². The lowest BCUT2D eigenvalue weighted by Gasteiger charge is -2.26. The SMILES string of the molecule is c1ccc(-c2nc3ccc4ccc5ccc(N(c6ccccc6)c6ccc(-c7ccc8c(c7)sc7ccccc78)cc6)cc5c4c3o2)cc1. The average molecular weight is 645 g/mol. The van der Waals surface area contributed by atoms with Crippen LogP contribution in [0.5, 0.6) is 0 Å². The lowest BCUT2D eigenvalue weighted by molar-refractivity contribution is 0.623. The summed E-state index contributed by atoms with van der Waals surface area (Å²) in [7, 11) is 0. The molecule has 0 N–H and O–H groups in total. The van der Waals surface area contributed by atoms with Crippen molar-refractivity contribution in [3.8, 4) is 22.6 Å². The van der Waals surface area contributed by atoms with E-state index in [2.05, 4.69) is 144 Å². The molecule has 4 heteroatoms. The Hall–Kier alpha value is -6.23. The Morgan fingerprint density at radius 3 is 1.96 bits per heavy atom. The molecule has 0 spiro atoms. The minimum atomic E-state index is 0.633. The molecule has 0 saturated carbocycles. The van der Waals surface area contributed by atoms with Crippen LogP contribution in [0.3, 0.4) is 0 Å². The highest BCUT2D eigenvalue weighted by atomic mass is 32.1. The first kappa shape index (κ1) is 27.8. The number of para-hydroxylation sites is 1. The normalized spacial score (nSPS) is 11.7. The van der Waals surface area contributed by atoms with Gasteiger partial charge in [-0.1, -0.05) is 103 Å². The Morgan fingerprint density at radius 2 is 1.10 bits per heavy atom. The summed E-state index contributed by atoms with van der Waals surface area (Å²) in [5, 5.41) is 7.13. The second-order valence-electron chi connectivity index (χ2n) is 12.4. The van der Waals surface area contributed by atoms with E-state index in [1.165, 1.54) is 31.3 Å². The van der Waals surface area contributed by atoms with E-state index in [0.717, 1.165) is 55.3 Å². The van der Waals surface area contributed by atoms with E-state index in [1.807, 2.05) is 41.7 Å². The van der Waals surface area contributed by atoms with Gasteiger partial charge >= 0.3 is 0 Å².